The second-order valence-electron chi connectivity index (χ2n) is 5.39. The number of carbonyl (C=O) groups is 1. The van der Waals surface area contributed by atoms with E-state index in [1.165, 1.54) is 5.56 Å². The number of anilines is 1. The Labute approximate surface area is 125 Å². The van der Waals surface area contributed by atoms with Crippen molar-refractivity contribution < 1.29 is 9.53 Å². The van der Waals surface area contributed by atoms with Crippen LogP contribution in [0.2, 0.25) is 0 Å². The predicted molar refractivity (Wildman–Crippen MR) is 81.8 cm³/mol. The van der Waals surface area contributed by atoms with Gasteiger partial charge in [-0.1, -0.05) is 0 Å². The standard InChI is InChI=1S/C15H20N2O2.ClH/c1-19-13-4-3-12(9-13)17-15(18)11-2-5-14-10(8-11)6-7-16-14;/h2,5,8,12-13,16H,3-4,6-7,9H2,1H3,(H,17,18);1H. The number of hydrogen-bond acceptors (Lipinski definition) is 3. The van der Waals surface area contributed by atoms with Crippen molar-refractivity contribution in [1.82, 2.24) is 5.32 Å². The van der Waals surface area contributed by atoms with Crippen molar-refractivity contribution >= 4 is 24.0 Å². The van der Waals surface area contributed by atoms with E-state index in [1.807, 2.05) is 18.2 Å². The maximum atomic E-state index is 12.2. The van der Waals surface area contributed by atoms with Gasteiger partial charge < -0.3 is 15.4 Å². The molecule has 0 spiro atoms. The van der Waals surface area contributed by atoms with E-state index in [4.69, 9.17) is 4.74 Å². The smallest absolute Gasteiger partial charge is 0.251 e. The number of nitrogens with one attached hydrogen (secondary N) is 2. The molecule has 1 aliphatic carbocycles. The van der Waals surface area contributed by atoms with Crippen LogP contribution >= 0.6 is 12.4 Å². The Morgan fingerprint density at radius 1 is 1.40 bits per heavy atom. The molecular weight excluding hydrogens is 276 g/mol. The highest BCUT2D eigenvalue weighted by Crippen LogP contribution is 2.24. The van der Waals surface area contributed by atoms with Crippen LogP contribution in [0.1, 0.15) is 35.2 Å². The van der Waals surface area contributed by atoms with Crippen LogP contribution in [0.5, 0.6) is 0 Å². The van der Waals surface area contributed by atoms with E-state index in [9.17, 15) is 4.79 Å². The summed E-state index contributed by atoms with van der Waals surface area (Å²) in [5, 5.41) is 6.42. The molecule has 2 aliphatic rings. The summed E-state index contributed by atoms with van der Waals surface area (Å²) >= 11 is 0. The molecule has 1 aliphatic heterocycles. The van der Waals surface area contributed by atoms with Crippen LogP contribution in [-0.2, 0) is 11.2 Å². The summed E-state index contributed by atoms with van der Waals surface area (Å²) in [7, 11) is 1.74. The number of fused-ring (bicyclic) bond motifs is 1. The highest BCUT2D eigenvalue weighted by atomic mass is 35.5. The van der Waals surface area contributed by atoms with Gasteiger partial charge in [0.25, 0.3) is 5.91 Å². The molecule has 4 nitrogen and oxygen atoms in total. The summed E-state index contributed by atoms with van der Waals surface area (Å²) in [6.45, 7) is 0.971. The Balaban J connectivity index is 0.00000147. The minimum Gasteiger partial charge on any atom is -0.384 e. The van der Waals surface area contributed by atoms with E-state index < -0.39 is 0 Å². The molecule has 1 saturated carbocycles. The molecular formula is C15H21ClN2O2. The lowest BCUT2D eigenvalue weighted by molar-refractivity contribution is 0.0915. The molecule has 1 fully saturated rings. The van der Waals surface area contributed by atoms with Gasteiger partial charge in [-0.3, -0.25) is 4.79 Å². The van der Waals surface area contributed by atoms with E-state index in [0.717, 1.165) is 43.5 Å². The third-order valence-electron chi connectivity index (χ3n) is 4.13. The van der Waals surface area contributed by atoms with Gasteiger partial charge in [0.2, 0.25) is 0 Å². The van der Waals surface area contributed by atoms with Crippen molar-refractivity contribution in [2.24, 2.45) is 0 Å². The van der Waals surface area contributed by atoms with E-state index in [0.29, 0.717) is 6.10 Å². The summed E-state index contributed by atoms with van der Waals surface area (Å²) in [5.41, 5.74) is 3.18. The average molecular weight is 297 g/mol. The number of benzene rings is 1. The third kappa shape index (κ3) is 3.07. The fraction of sp³-hybridized carbons (Fsp3) is 0.533. The molecule has 2 N–H and O–H groups in total. The Morgan fingerprint density at radius 3 is 3.00 bits per heavy atom. The first kappa shape index (κ1) is 15.1. The summed E-state index contributed by atoms with van der Waals surface area (Å²) < 4.78 is 5.33. The number of carbonyl (C=O) groups excluding carboxylic acids is 1. The van der Waals surface area contributed by atoms with Crippen molar-refractivity contribution in [2.75, 3.05) is 19.0 Å². The highest BCUT2D eigenvalue weighted by molar-refractivity contribution is 5.95. The Hall–Kier alpha value is -1.26. The summed E-state index contributed by atoms with van der Waals surface area (Å²) in [6.07, 6.45) is 4.28. The van der Waals surface area contributed by atoms with Crippen LogP contribution in [0.3, 0.4) is 0 Å². The van der Waals surface area contributed by atoms with Crippen molar-refractivity contribution in [3.63, 3.8) is 0 Å². The maximum Gasteiger partial charge on any atom is 0.251 e. The lowest BCUT2D eigenvalue weighted by atomic mass is 10.1. The van der Waals surface area contributed by atoms with E-state index in [2.05, 4.69) is 10.6 Å². The fourth-order valence-electron chi connectivity index (χ4n) is 3.00. The van der Waals surface area contributed by atoms with Crippen molar-refractivity contribution in [3.8, 4) is 0 Å². The number of amides is 1. The largest absolute Gasteiger partial charge is 0.384 e. The number of rotatable bonds is 3. The SMILES string of the molecule is COC1CCC(NC(=O)c2ccc3c(c2)CCN3)C1.Cl. The monoisotopic (exact) mass is 296 g/mol. The molecule has 1 heterocycles. The zero-order valence-corrected chi connectivity index (χ0v) is 12.5. The summed E-state index contributed by atoms with van der Waals surface area (Å²) in [6, 6.07) is 6.16. The molecule has 3 rings (SSSR count). The second kappa shape index (κ2) is 6.46. The van der Waals surface area contributed by atoms with Gasteiger partial charge in [0.15, 0.2) is 0 Å². The molecule has 0 aromatic heterocycles. The molecule has 1 aromatic carbocycles. The van der Waals surface area contributed by atoms with Crippen molar-refractivity contribution in [3.05, 3.63) is 29.3 Å². The van der Waals surface area contributed by atoms with E-state index in [-0.39, 0.29) is 24.4 Å². The minimum atomic E-state index is 0. The molecule has 2 unspecified atom stereocenters. The van der Waals surface area contributed by atoms with Crippen LogP contribution in [-0.4, -0.2) is 31.7 Å². The zero-order valence-electron chi connectivity index (χ0n) is 11.6. The van der Waals surface area contributed by atoms with Crippen molar-refractivity contribution in [1.29, 1.82) is 0 Å². The highest BCUT2D eigenvalue weighted by Gasteiger charge is 2.26. The van der Waals surface area contributed by atoms with Crippen LogP contribution < -0.4 is 10.6 Å². The molecule has 0 bridgehead atoms. The zero-order chi connectivity index (χ0) is 13.2. The van der Waals surface area contributed by atoms with Crippen molar-refractivity contribution in [2.45, 2.75) is 37.8 Å². The first-order valence-corrected chi connectivity index (χ1v) is 6.96. The minimum absolute atomic E-state index is 0. The quantitative estimate of drug-likeness (QED) is 0.900. The lowest BCUT2D eigenvalue weighted by Gasteiger charge is -2.13. The van der Waals surface area contributed by atoms with E-state index in [1.54, 1.807) is 7.11 Å². The van der Waals surface area contributed by atoms with Crippen LogP contribution in [0, 0.1) is 0 Å². The van der Waals surface area contributed by atoms with Crippen LogP contribution in [0.4, 0.5) is 5.69 Å². The number of halogens is 1. The molecule has 5 heteroatoms. The topological polar surface area (TPSA) is 50.4 Å². The van der Waals surface area contributed by atoms with Gasteiger partial charge in [0.05, 0.1) is 6.10 Å². The van der Waals surface area contributed by atoms with Gasteiger partial charge in [-0.25, -0.2) is 0 Å². The molecule has 110 valence electrons. The first-order valence-electron chi connectivity index (χ1n) is 6.96. The number of hydrogen-bond donors (Lipinski definition) is 2. The summed E-state index contributed by atoms with van der Waals surface area (Å²) in [4.78, 5) is 12.2. The van der Waals surface area contributed by atoms with Gasteiger partial charge in [-0.05, 0) is 49.4 Å². The predicted octanol–water partition coefficient (Wildman–Crippen LogP) is 2.37. The molecule has 1 aromatic rings. The molecule has 2 atom stereocenters. The van der Waals surface area contributed by atoms with Gasteiger partial charge in [0, 0.05) is 30.9 Å². The summed E-state index contributed by atoms with van der Waals surface area (Å²) in [5.74, 6) is 0.0384. The Morgan fingerprint density at radius 2 is 2.25 bits per heavy atom. The molecule has 1 amide bonds. The van der Waals surface area contributed by atoms with Gasteiger partial charge >= 0.3 is 0 Å². The van der Waals surface area contributed by atoms with Crippen LogP contribution in [0.15, 0.2) is 18.2 Å². The molecule has 0 radical (unpaired) electrons. The molecule has 0 saturated heterocycles. The fourth-order valence-corrected chi connectivity index (χ4v) is 3.00. The van der Waals surface area contributed by atoms with Gasteiger partial charge in [-0.2, -0.15) is 0 Å². The Kier molecular flexibility index (Phi) is 4.89. The molecule has 20 heavy (non-hydrogen) atoms. The average Bonchev–Trinajstić information content (AvgIpc) is 3.05. The van der Waals surface area contributed by atoms with Crippen LogP contribution in [0.25, 0.3) is 0 Å². The number of ether oxygens (including phenoxy) is 1. The third-order valence-corrected chi connectivity index (χ3v) is 4.13. The normalized spacial score (nSPS) is 23.6. The lowest BCUT2D eigenvalue weighted by Crippen LogP contribution is -2.33. The van der Waals surface area contributed by atoms with Gasteiger partial charge in [0.1, 0.15) is 0 Å². The maximum absolute atomic E-state index is 12.2. The van der Waals surface area contributed by atoms with E-state index >= 15 is 0 Å². The first-order chi connectivity index (χ1) is 9.26. The van der Waals surface area contributed by atoms with Gasteiger partial charge in [-0.15, -0.1) is 12.4 Å². The Bertz CT molecular complexity index is 493. The number of methoxy groups -OCH3 is 1. The second-order valence-corrected chi connectivity index (χ2v) is 5.39.